The topological polar surface area (TPSA) is 21.3 Å². The Balaban J connectivity index is 2.20. The van der Waals surface area contributed by atoms with Gasteiger partial charge < -0.3 is 10.1 Å². The Morgan fingerprint density at radius 1 is 1.25 bits per heavy atom. The van der Waals surface area contributed by atoms with E-state index in [0.29, 0.717) is 11.1 Å². The molecule has 1 N–H and O–H groups in total. The van der Waals surface area contributed by atoms with Gasteiger partial charge in [-0.2, -0.15) is 0 Å². The quantitative estimate of drug-likeness (QED) is 0.774. The van der Waals surface area contributed by atoms with Gasteiger partial charge in [0.25, 0.3) is 0 Å². The van der Waals surface area contributed by atoms with Gasteiger partial charge >= 0.3 is 0 Å². The first-order valence-electron chi connectivity index (χ1n) is 7.83. The monoisotopic (exact) mass is 295 g/mol. The first-order valence-corrected chi connectivity index (χ1v) is 8.21. The van der Waals surface area contributed by atoms with Gasteiger partial charge in [-0.05, 0) is 43.0 Å². The zero-order chi connectivity index (χ0) is 14.4. The molecule has 0 aliphatic heterocycles. The molecule has 0 saturated heterocycles. The fourth-order valence-electron chi connectivity index (χ4n) is 3.30. The lowest BCUT2D eigenvalue weighted by Crippen LogP contribution is -2.28. The van der Waals surface area contributed by atoms with Gasteiger partial charge in [0.05, 0.1) is 12.1 Å². The van der Waals surface area contributed by atoms with Crippen LogP contribution >= 0.6 is 11.6 Å². The number of nitrogens with one attached hydrogen (secondary N) is 1. The molecule has 0 bridgehead atoms. The maximum atomic E-state index is 6.29. The molecule has 0 radical (unpaired) electrons. The fourth-order valence-corrected chi connectivity index (χ4v) is 3.56. The Hall–Kier alpha value is -0.730. The molecule has 1 aliphatic rings. The molecule has 20 heavy (non-hydrogen) atoms. The van der Waals surface area contributed by atoms with E-state index in [1.165, 1.54) is 44.1 Å². The highest BCUT2D eigenvalue weighted by Gasteiger charge is 2.24. The number of rotatable bonds is 5. The molecular weight excluding hydrogens is 270 g/mol. The molecule has 1 aromatic rings. The van der Waals surface area contributed by atoms with Gasteiger partial charge in [0.1, 0.15) is 5.75 Å². The Kier molecular flexibility index (Phi) is 6.18. The largest absolute Gasteiger partial charge is 0.495 e. The molecule has 1 aromatic carbocycles. The Labute approximate surface area is 127 Å². The minimum Gasteiger partial charge on any atom is -0.495 e. The molecule has 2 nitrogen and oxygen atoms in total. The molecule has 1 atom stereocenters. The predicted octanol–water partition coefficient (Wildman–Crippen LogP) is 4.97. The summed E-state index contributed by atoms with van der Waals surface area (Å²) in [4.78, 5) is 0. The average Bonchev–Trinajstić information content (AvgIpc) is 2.73. The third-order valence-electron chi connectivity index (χ3n) is 4.33. The maximum Gasteiger partial charge on any atom is 0.137 e. The van der Waals surface area contributed by atoms with E-state index in [-0.39, 0.29) is 0 Å². The first kappa shape index (κ1) is 15.7. The molecule has 0 spiro atoms. The summed E-state index contributed by atoms with van der Waals surface area (Å²) >= 11 is 6.29. The number of benzene rings is 1. The second-order valence-corrected chi connectivity index (χ2v) is 6.09. The van der Waals surface area contributed by atoms with Crippen molar-refractivity contribution in [2.75, 3.05) is 13.7 Å². The minimum atomic E-state index is 0.418. The van der Waals surface area contributed by atoms with Crippen LogP contribution in [0.25, 0.3) is 0 Å². The van der Waals surface area contributed by atoms with Crippen LogP contribution in [-0.4, -0.2) is 13.7 Å². The number of hydrogen-bond donors (Lipinski definition) is 1. The highest BCUT2D eigenvalue weighted by molar-refractivity contribution is 6.32. The van der Waals surface area contributed by atoms with Crippen molar-refractivity contribution >= 4 is 11.6 Å². The standard InChI is InChI=1S/C17H26ClNO/c1-3-19-17(13-8-6-4-5-7-9-13)14-10-11-16(20-2)15(18)12-14/h10-13,17,19H,3-9H2,1-2H3. The van der Waals surface area contributed by atoms with Crippen LogP contribution in [-0.2, 0) is 0 Å². The summed E-state index contributed by atoms with van der Waals surface area (Å²) in [5.41, 5.74) is 1.30. The summed E-state index contributed by atoms with van der Waals surface area (Å²) in [5, 5.41) is 4.37. The highest BCUT2D eigenvalue weighted by Crippen LogP contribution is 2.36. The van der Waals surface area contributed by atoms with Crippen molar-refractivity contribution in [3.63, 3.8) is 0 Å². The van der Waals surface area contributed by atoms with Gasteiger partial charge in [0.2, 0.25) is 0 Å². The third-order valence-corrected chi connectivity index (χ3v) is 4.63. The van der Waals surface area contributed by atoms with Crippen LogP contribution in [0.3, 0.4) is 0 Å². The van der Waals surface area contributed by atoms with E-state index in [0.717, 1.165) is 18.2 Å². The van der Waals surface area contributed by atoms with Crippen LogP contribution in [0.15, 0.2) is 18.2 Å². The van der Waals surface area contributed by atoms with Crippen LogP contribution in [0.5, 0.6) is 5.75 Å². The van der Waals surface area contributed by atoms with Crippen LogP contribution in [0.4, 0.5) is 0 Å². The van der Waals surface area contributed by atoms with Crippen molar-refractivity contribution in [1.82, 2.24) is 5.32 Å². The smallest absolute Gasteiger partial charge is 0.137 e. The SMILES string of the molecule is CCNC(c1ccc(OC)c(Cl)c1)C1CCCCCC1. The summed E-state index contributed by atoms with van der Waals surface area (Å²) in [6.45, 7) is 3.17. The number of ether oxygens (including phenoxy) is 1. The highest BCUT2D eigenvalue weighted by atomic mass is 35.5. The van der Waals surface area contributed by atoms with E-state index in [9.17, 15) is 0 Å². The lowest BCUT2D eigenvalue weighted by molar-refractivity contribution is 0.329. The maximum absolute atomic E-state index is 6.29. The molecule has 1 unspecified atom stereocenters. The van der Waals surface area contributed by atoms with E-state index in [2.05, 4.69) is 24.4 Å². The van der Waals surface area contributed by atoms with Crippen molar-refractivity contribution in [2.24, 2.45) is 5.92 Å². The molecule has 1 aliphatic carbocycles. The predicted molar refractivity (Wildman–Crippen MR) is 85.6 cm³/mol. The third kappa shape index (κ3) is 3.89. The van der Waals surface area contributed by atoms with Gasteiger partial charge in [-0.15, -0.1) is 0 Å². The number of halogens is 1. The number of methoxy groups -OCH3 is 1. The zero-order valence-electron chi connectivity index (χ0n) is 12.6. The molecule has 1 fully saturated rings. The van der Waals surface area contributed by atoms with E-state index in [1.807, 2.05) is 6.07 Å². The van der Waals surface area contributed by atoms with Crippen LogP contribution in [0, 0.1) is 5.92 Å². The molecule has 112 valence electrons. The zero-order valence-corrected chi connectivity index (χ0v) is 13.4. The minimum absolute atomic E-state index is 0.418. The first-order chi connectivity index (χ1) is 9.76. The summed E-state index contributed by atoms with van der Waals surface area (Å²) in [7, 11) is 1.66. The molecular formula is C17H26ClNO. The second kappa shape index (κ2) is 7.90. The summed E-state index contributed by atoms with van der Waals surface area (Å²) in [6, 6.07) is 6.63. The summed E-state index contributed by atoms with van der Waals surface area (Å²) in [6.07, 6.45) is 8.13. The van der Waals surface area contributed by atoms with E-state index in [1.54, 1.807) is 7.11 Å². The van der Waals surface area contributed by atoms with Gasteiger partial charge in [0.15, 0.2) is 0 Å². The Morgan fingerprint density at radius 3 is 2.50 bits per heavy atom. The van der Waals surface area contributed by atoms with E-state index >= 15 is 0 Å². The molecule has 0 amide bonds. The molecule has 3 heteroatoms. The van der Waals surface area contributed by atoms with Gasteiger partial charge in [0, 0.05) is 6.04 Å². The molecule has 1 saturated carbocycles. The summed E-state index contributed by atoms with van der Waals surface area (Å²) < 4.78 is 5.25. The van der Waals surface area contributed by atoms with Gasteiger partial charge in [-0.1, -0.05) is 50.3 Å². The van der Waals surface area contributed by atoms with Crippen LogP contribution in [0.1, 0.15) is 57.1 Å². The van der Waals surface area contributed by atoms with Crippen molar-refractivity contribution in [1.29, 1.82) is 0 Å². The van der Waals surface area contributed by atoms with E-state index < -0.39 is 0 Å². The van der Waals surface area contributed by atoms with Crippen LogP contribution in [0.2, 0.25) is 5.02 Å². The van der Waals surface area contributed by atoms with Crippen molar-refractivity contribution in [3.05, 3.63) is 28.8 Å². The normalized spacial score (nSPS) is 18.6. The fraction of sp³-hybridized carbons (Fsp3) is 0.647. The lowest BCUT2D eigenvalue weighted by Gasteiger charge is -2.28. The second-order valence-electron chi connectivity index (χ2n) is 5.68. The van der Waals surface area contributed by atoms with Crippen molar-refractivity contribution < 1.29 is 4.74 Å². The van der Waals surface area contributed by atoms with Gasteiger partial charge in [-0.3, -0.25) is 0 Å². The average molecular weight is 296 g/mol. The van der Waals surface area contributed by atoms with Crippen molar-refractivity contribution in [3.8, 4) is 5.75 Å². The molecule has 0 aromatic heterocycles. The molecule has 0 heterocycles. The van der Waals surface area contributed by atoms with Gasteiger partial charge in [-0.25, -0.2) is 0 Å². The Bertz CT molecular complexity index is 413. The molecule has 2 rings (SSSR count). The van der Waals surface area contributed by atoms with Crippen LogP contribution < -0.4 is 10.1 Å². The number of hydrogen-bond acceptors (Lipinski definition) is 2. The summed E-state index contributed by atoms with van der Waals surface area (Å²) in [5.74, 6) is 1.48. The lowest BCUT2D eigenvalue weighted by atomic mass is 9.87. The Morgan fingerprint density at radius 2 is 1.95 bits per heavy atom. The van der Waals surface area contributed by atoms with Crippen molar-refractivity contribution in [2.45, 2.75) is 51.5 Å². The van der Waals surface area contributed by atoms with E-state index in [4.69, 9.17) is 16.3 Å².